The molecule has 0 aliphatic carbocycles. The molecule has 2 heterocycles. The minimum absolute atomic E-state index is 1.00. The molecule has 0 saturated heterocycles. The highest BCUT2D eigenvalue weighted by atomic mass is 14.8. The first-order valence-corrected chi connectivity index (χ1v) is 6.93. The smallest absolute Gasteiger partial charge is 0.0646 e. The lowest BCUT2D eigenvalue weighted by molar-refractivity contribution is 1.39. The summed E-state index contributed by atoms with van der Waals surface area (Å²) < 4.78 is 0. The van der Waals surface area contributed by atoms with Crippen LogP contribution in [-0.4, -0.2) is 23.2 Å². The predicted molar refractivity (Wildman–Crippen MR) is 91.3 cm³/mol. The summed E-state index contributed by atoms with van der Waals surface area (Å²) in [5.74, 6) is 0. The molecule has 4 aromatic rings. The Balaban J connectivity index is 2.29. The Hall–Kier alpha value is -2.81. The molecule has 0 aliphatic heterocycles. The molecule has 0 unspecified atom stereocenters. The van der Waals surface area contributed by atoms with E-state index in [1.165, 1.54) is 16.2 Å². The van der Waals surface area contributed by atoms with Crippen molar-refractivity contribution in [3.8, 4) is 0 Å². The highest BCUT2D eigenvalue weighted by molar-refractivity contribution is 6.22. The standard InChI is InChI=1S/C18H15N3/c1-3-11-16(10-19-2)21-14-8-9-15-18(17(11)14)12-6-4-5-7-13(12)20-15/h3-10,20-21H,1H2,2H3. The zero-order chi connectivity index (χ0) is 14.4. The fourth-order valence-corrected chi connectivity index (χ4v) is 3.12. The van der Waals surface area contributed by atoms with Crippen LogP contribution in [0.4, 0.5) is 0 Å². The highest BCUT2D eigenvalue weighted by Crippen LogP contribution is 2.35. The molecule has 0 amide bonds. The maximum absolute atomic E-state index is 4.13. The first-order valence-electron chi connectivity index (χ1n) is 6.93. The minimum Gasteiger partial charge on any atom is -0.354 e. The predicted octanol–water partition coefficient (Wildman–Crippen LogP) is 4.49. The first-order chi connectivity index (χ1) is 10.3. The molecule has 3 nitrogen and oxygen atoms in total. The number of aliphatic imine (C=N–C) groups is 1. The van der Waals surface area contributed by atoms with Crippen molar-refractivity contribution in [1.29, 1.82) is 0 Å². The number of benzene rings is 2. The molecule has 0 bridgehead atoms. The second kappa shape index (κ2) is 4.35. The molecule has 0 aliphatic rings. The monoisotopic (exact) mass is 273 g/mol. The van der Waals surface area contributed by atoms with E-state index in [1.54, 1.807) is 7.05 Å². The van der Waals surface area contributed by atoms with E-state index in [1.807, 2.05) is 12.3 Å². The van der Waals surface area contributed by atoms with E-state index in [9.17, 15) is 0 Å². The lowest BCUT2D eigenvalue weighted by atomic mass is 10.0. The van der Waals surface area contributed by atoms with Crippen LogP contribution in [-0.2, 0) is 0 Å². The van der Waals surface area contributed by atoms with Gasteiger partial charge in [-0.2, -0.15) is 0 Å². The Kier molecular flexibility index (Phi) is 2.48. The molecule has 0 saturated carbocycles. The van der Waals surface area contributed by atoms with Crippen molar-refractivity contribution in [3.63, 3.8) is 0 Å². The number of aromatic amines is 2. The van der Waals surface area contributed by atoms with Gasteiger partial charge in [0.25, 0.3) is 0 Å². The number of nitrogens with zero attached hydrogens (tertiary/aromatic N) is 1. The van der Waals surface area contributed by atoms with Crippen molar-refractivity contribution in [1.82, 2.24) is 9.97 Å². The molecular weight excluding hydrogens is 258 g/mol. The summed E-state index contributed by atoms with van der Waals surface area (Å²) in [6.45, 7) is 3.98. The average molecular weight is 273 g/mol. The summed E-state index contributed by atoms with van der Waals surface area (Å²) in [5, 5.41) is 3.68. The average Bonchev–Trinajstić information content (AvgIpc) is 3.04. The van der Waals surface area contributed by atoms with Crippen LogP contribution in [0.2, 0.25) is 0 Å². The second-order valence-corrected chi connectivity index (χ2v) is 5.13. The van der Waals surface area contributed by atoms with Gasteiger partial charge in [0.2, 0.25) is 0 Å². The molecule has 2 aromatic carbocycles. The van der Waals surface area contributed by atoms with Gasteiger partial charge in [-0.3, -0.25) is 4.99 Å². The van der Waals surface area contributed by atoms with Gasteiger partial charge in [0.05, 0.1) is 5.69 Å². The molecule has 3 heteroatoms. The lowest BCUT2D eigenvalue weighted by Crippen LogP contribution is -1.83. The van der Waals surface area contributed by atoms with E-state index in [0.717, 1.165) is 27.8 Å². The van der Waals surface area contributed by atoms with Crippen LogP contribution in [0, 0.1) is 0 Å². The molecule has 21 heavy (non-hydrogen) atoms. The van der Waals surface area contributed by atoms with Crippen molar-refractivity contribution in [2.24, 2.45) is 4.99 Å². The third kappa shape index (κ3) is 1.57. The number of aromatic nitrogens is 2. The summed E-state index contributed by atoms with van der Waals surface area (Å²) >= 11 is 0. The molecule has 0 fully saturated rings. The van der Waals surface area contributed by atoms with Gasteiger partial charge in [-0.25, -0.2) is 0 Å². The van der Waals surface area contributed by atoms with Crippen LogP contribution >= 0.6 is 0 Å². The van der Waals surface area contributed by atoms with Crippen LogP contribution in [0.3, 0.4) is 0 Å². The minimum atomic E-state index is 1.00. The van der Waals surface area contributed by atoms with Gasteiger partial charge in [0.1, 0.15) is 0 Å². The van der Waals surface area contributed by atoms with Crippen LogP contribution in [0.5, 0.6) is 0 Å². The summed E-state index contributed by atoms with van der Waals surface area (Å²) in [4.78, 5) is 11.0. The molecule has 0 radical (unpaired) electrons. The SMILES string of the molecule is C=Cc1c(C=NC)[nH]c2ccc3[nH]c4ccccc4c3c12. The topological polar surface area (TPSA) is 43.9 Å². The zero-order valence-electron chi connectivity index (χ0n) is 11.8. The molecule has 102 valence electrons. The number of fused-ring (bicyclic) bond motifs is 5. The number of para-hydroxylation sites is 1. The van der Waals surface area contributed by atoms with Crippen molar-refractivity contribution < 1.29 is 0 Å². The molecule has 2 N–H and O–H groups in total. The fourth-order valence-electron chi connectivity index (χ4n) is 3.12. The quantitative estimate of drug-likeness (QED) is 0.505. The zero-order valence-corrected chi connectivity index (χ0v) is 11.8. The number of H-pyrrole nitrogens is 2. The molecular formula is C18H15N3. The number of rotatable bonds is 2. The summed E-state index contributed by atoms with van der Waals surface area (Å²) in [7, 11) is 1.78. The number of hydrogen-bond donors (Lipinski definition) is 2. The Bertz CT molecular complexity index is 1020. The van der Waals surface area contributed by atoms with Gasteiger partial charge >= 0.3 is 0 Å². The molecule has 2 aromatic heterocycles. The van der Waals surface area contributed by atoms with Crippen molar-refractivity contribution in [2.75, 3.05) is 7.05 Å². The fraction of sp³-hybridized carbons (Fsp3) is 0.0556. The third-order valence-corrected chi connectivity index (χ3v) is 3.96. The normalized spacial score (nSPS) is 12.0. The van der Waals surface area contributed by atoms with Gasteiger partial charge in [-0.15, -0.1) is 0 Å². The Morgan fingerprint density at radius 2 is 1.71 bits per heavy atom. The number of hydrogen-bond acceptors (Lipinski definition) is 1. The van der Waals surface area contributed by atoms with Gasteiger partial charge in [-0.05, 0) is 18.2 Å². The molecule has 0 atom stereocenters. The van der Waals surface area contributed by atoms with Gasteiger partial charge in [0.15, 0.2) is 0 Å². The summed E-state index contributed by atoms with van der Waals surface area (Å²) in [6, 6.07) is 12.6. The van der Waals surface area contributed by atoms with E-state index < -0.39 is 0 Å². The summed E-state index contributed by atoms with van der Waals surface area (Å²) in [6.07, 6.45) is 3.74. The van der Waals surface area contributed by atoms with Gasteiger partial charge < -0.3 is 9.97 Å². The van der Waals surface area contributed by atoms with E-state index in [4.69, 9.17) is 0 Å². The maximum Gasteiger partial charge on any atom is 0.0646 e. The van der Waals surface area contributed by atoms with Crippen LogP contribution in [0.1, 0.15) is 11.3 Å². The van der Waals surface area contributed by atoms with E-state index in [2.05, 4.69) is 57.9 Å². The van der Waals surface area contributed by atoms with Crippen LogP contribution in [0.15, 0.2) is 48.0 Å². The lowest BCUT2D eigenvalue weighted by Gasteiger charge is -1.97. The van der Waals surface area contributed by atoms with Crippen LogP contribution < -0.4 is 0 Å². The maximum atomic E-state index is 4.13. The molecule has 4 rings (SSSR count). The van der Waals surface area contributed by atoms with Crippen molar-refractivity contribution in [3.05, 3.63) is 54.2 Å². The Labute approximate surface area is 122 Å². The van der Waals surface area contributed by atoms with E-state index in [0.29, 0.717) is 0 Å². The Morgan fingerprint density at radius 1 is 0.952 bits per heavy atom. The van der Waals surface area contributed by atoms with Gasteiger partial charge in [0, 0.05) is 51.5 Å². The summed E-state index contributed by atoms with van der Waals surface area (Å²) in [5.41, 5.74) is 5.51. The third-order valence-electron chi connectivity index (χ3n) is 3.96. The van der Waals surface area contributed by atoms with Gasteiger partial charge in [-0.1, -0.05) is 30.9 Å². The first kappa shape index (κ1) is 12.0. The van der Waals surface area contributed by atoms with E-state index >= 15 is 0 Å². The second-order valence-electron chi connectivity index (χ2n) is 5.13. The Morgan fingerprint density at radius 3 is 2.48 bits per heavy atom. The molecule has 0 spiro atoms. The largest absolute Gasteiger partial charge is 0.354 e. The van der Waals surface area contributed by atoms with Crippen molar-refractivity contribution >= 4 is 45.0 Å². The highest BCUT2D eigenvalue weighted by Gasteiger charge is 2.14. The number of nitrogens with one attached hydrogen (secondary N) is 2. The van der Waals surface area contributed by atoms with Crippen LogP contribution in [0.25, 0.3) is 38.8 Å². The van der Waals surface area contributed by atoms with Crippen molar-refractivity contribution in [2.45, 2.75) is 0 Å². The van der Waals surface area contributed by atoms with E-state index in [-0.39, 0.29) is 0 Å².